The van der Waals surface area contributed by atoms with Crippen molar-refractivity contribution in [1.82, 2.24) is 15.2 Å². The number of amidine groups is 1. The van der Waals surface area contributed by atoms with Crippen LogP contribution in [-0.2, 0) is 19.1 Å². The first-order chi connectivity index (χ1) is 17.7. The number of aryl methyl sites for hydroxylation is 1. The Morgan fingerprint density at radius 2 is 2.11 bits per heavy atom. The SMILES string of the molecule is CCOC(=O)C1=C(CN2CCOCC2C(=O)O)NC(c2ncc(C)cc2F)=NC1c1ccc(F)cc1Cl. The molecular weight excluding hydrogens is 510 g/mol. The highest BCUT2D eigenvalue weighted by Crippen LogP contribution is 2.37. The standard InChI is InChI=1S/C25H25ClF2N4O5/c1-3-37-25(35)20-18(11-32-6-7-36-12-19(32)24(33)34)30-23(22-17(28)8-13(2)10-29-22)31-21(20)15-5-4-14(27)9-16(15)26/h4-5,8-10,19,21H,3,6-7,11-12H2,1-2H3,(H,30,31)(H,33,34). The highest BCUT2D eigenvalue weighted by atomic mass is 35.5. The molecule has 2 N–H and O–H groups in total. The number of aliphatic imine (C=N–C) groups is 1. The van der Waals surface area contributed by atoms with E-state index in [1.807, 2.05) is 0 Å². The quantitative estimate of drug-likeness (QED) is 0.521. The molecule has 2 aliphatic heterocycles. The zero-order valence-electron chi connectivity index (χ0n) is 20.1. The van der Waals surface area contributed by atoms with Crippen LogP contribution in [0.1, 0.15) is 29.8 Å². The smallest absolute Gasteiger partial charge is 0.338 e. The predicted molar refractivity (Wildman–Crippen MR) is 130 cm³/mol. The van der Waals surface area contributed by atoms with Gasteiger partial charge in [-0.3, -0.25) is 14.7 Å². The second kappa shape index (κ2) is 11.3. The molecule has 4 rings (SSSR count). The van der Waals surface area contributed by atoms with Gasteiger partial charge in [0.05, 0.1) is 25.4 Å². The Labute approximate surface area is 216 Å². The van der Waals surface area contributed by atoms with Crippen molar-refractivity contribution in [3.05, 3.63) is 75.2 Å². The van der Waals surface area contributed by atoms with Crippen LogP contribution < -0.4 is 5.32 Å². The van der Waals surface area contributed by atoms with Crippen LogP contribution in [0.25, 0.3) is 0 Å². The summed E-state index contributed by atoms with van der Waals surface area (Å²) in [6.45, 7) is 3.84. The first-order valence-electron chi connectivity index (χ1n) is 11.6. The van der Waals surface area contributed by atoms with Gasteiger partial charge in [-0.25, -0.2) is 18.6 Å². The number of morpholine rings is 1. The number of hydrogen-bond donors (Lipinski definition) is 2. The number of aliphatic carboxylic acids is 1. The predicted octanol–water partition coefficient (Wildman–Crippen LogP) is 3.02. The number of halogens is 3. The molecule has 2 aromatic rings. The Bertz CT molecular complexity index is 1290. The Morgan fingerprint density at radius 3 is 2.78 bits per heavy atom. The van der Waals surface area contributed by atoms with Gasteiger partial charge in [-0.1, -0.05) is 17.7 Å². The van der Waals surface area contributed by atoms with Crippen LogP contribution in [0.3, 0.4) is 0 Å². The number of nitrogens with one attached hydrogen (secondary N) is 1. The number of hydrogen-bond acceptors (Lipinski definition) is 8. The number of pyridine rings is 1. The van der Waals surface area contributed by atoms with Crippen molar-refractivity contribution < 1.29 is 33.0 Å². The van der Waals surface area contributed by atoms with Gasteiger partial charge in [0, 0.05) is 35.6 Å². The first-order valence-corrected chi connectivity index (χ1v) is 11.9. The molecule has 3 heterocycles. The van der Waals surface area contributed by atoms with E-state index in [4.69, 9.17) is 21.1 Å². The first kappa shape index (κ1) is 26.6. The zero-order chi connectivity index (χ0) is 26.7. The largest absolute Gasteiger partial charge is 0.480 e. The topological polar surface area (TPSA) is 113 Å². The summed E-state index contributed by atoms with van der Waals surface area (Å²) in [5, 5.41) is 12.7. The van der Waals surface area contributed by atoms with E-state index in [1.54, 1.807) is 18.7 Å². The van der Waals surface area contributed by atoms with Gasteiger partial charge >= 0.3 is 11.9 Å². The van der Waals surface area contributed by atoms with Gasteiger partial charge in [0.25, 0.3) is 0 Å². The lowest BCUT2D eigenvalue weighted by Crippen LogP contribution is -2.52. The Kier molecular flexibility index (Phi) is 8.16. The maximum Gasteiger partial charge on any atom is 0.338 e. The van der Waals surface area contributed by atoms with Gasteiger partial charge in [0.15, 0.2) is 11.7 Å². The lowest BCUT2D eigenvalue weighted by atomic mass is 9.94. The van der Waals surface area contributed by atoms with E-state index in [1.165, 1.54) is 24.4 Å². The van der Waals surface area contributed by atoms with E-state index >= 15 is 0 Å². The molecule has 1 saturated heterocycles. The molecule has 9 nitrogen and oxygen atoms in total. The second-order valence-corrected chi connectivity index (χ2v) is 8.93. The van der Waals surface area contributed by atoms with Gasteiger partial charge in [-0.2, -0.15) is 0 Å². The van der Waals surface area contributed by atoms with Crippen LogP contribution in [0.2, 0.25) is 5.02 Å². The average molecular weight is 535 g/mol. The van der Waals surface area contributed by atoms with Crippen LogP contribution in [0.5, 0.6) is 0 Å². The minimum atomic E-state index is -1.11. The Hall–Kier alpha value is -3.41. The van der Waals surface area contributed by atoms with Crippen LogP contribution >= 0.6 is 11.6 Å². The fraction of sp³-hybridized carbons (Fsp3) is 0.360. The van der Waals surface area contributed by atoms with Crippen LogP contribution in [0, 0.1) is 18.6 Å². The molecule has 0 aliphatic carbocycles. The van der Waals surface area contributed by atoms with Gasteiger partial charge in [0.2, 0.25) is 0 Å². The van der Waals surface area contributed by atoms with E-state index in [-0.39, 0.29) is 66.3 Å². The number of carbonyl (C=O) groups is 2. The molecule has 2 unspecified atom stereocenters. The van der Waals surface area contributed by atoms with Gasteiger partial charge < -0.3 is 19.9 Å². The second-order valence-electron chi connectivity index (χ2n) is 8.53. The van der Waals surface area contributed by atoms with Crippen molar-refractivity contribution in [2.75, 3.05) is 32.9 Å². The monoisotopic (exact) mass is 534 g/mol. The highest BCUT2D eigenvalue weighted by molar-refractivity contribution is 6.31. The minimum absolute atomic E-state index is 0.00303. The van der Waals surface area contributed by atoms with E-state index in [2.05, 4.69) is 15.3 Å². The van der Waals surface area contributed by atoms with E-state index in [9.17, 15) is 23.5 Å². The van der Waals surface area contributed by atoms with Crippen molar-refractivity contribution in [3.63, 3.8) is 0 Å². The molecule has 0 bridgehead atoms. The third kappa shape index (κ3) is 5.79. The van der Waals surface area contributed by atoms with Crippen LogP contribution in [0.4, 0.5) is 8.78 Å². The van der Waals surface area contributed by atoms with Gasteiger partial charge in [-0.05, 0) is 37.6 Å². The molecule has 12 heteroatoms. The molecule has 2 atom stereocenters. The highest BCUT2D eigenvalue weighted by Gasteiger charge is 2.37. The van der Waals surface area contributed by atoms with Crippen molar-refractivity contribution in [3.8, 4) is 0 Å². The minimum Gasteiger partial charge on any atom is -0.480 e. The number of benzene rings is 1. The third-order valence-corrected chi connectivity index (χ3v) is 6.29. The van der Waals surface area contributed by atoms with Crippen molar-refractivity contribution in [2.24, 2.45) is 4.99 Å². The van der Waals surface area contributed by atoms with E-state index < -0.39 is 35.7 Å². The number of esters is 1. The van der Waals surface area contributed by atoms with Crippen molar-refractivity contribution >= 4 is 29.4 Å². The number of carboxylic acids is 1. The fourth-order valence-electron chi connectivity index (χ4n) is 4.20. The summed E-state index contributed by atoms with van der Waals surface area (Å²) in [7, 11) is 0. The number of ether oxygens (including phenoxy) is 2. The molecule has 1 fully saturated rings. The number of aromatic nitrogens is 1. The van der Waals surface area contributed by atoms with Gasteiger partial charge in [0.1, 0.15) is 23.6 Å². The fourth-order valence-corrected chi connectivity index (χ4v) is 4.47. The molecule has 2 aliphatic rings. The normalized spacial score (nSPS) is 20.3. The lowest BCUT2D eigenvalue weighted by molar-refractivity contribution is -0.149. The van der Waals surface area contributed by atoms with Crippen LogP contribution in [-0.4, -0.2) is 71.7 Å². The van der Waals surface area contributed by atoms with Crippen molar-refractivity contribution in [1.29, 1.82) is 0 Å². The molecule has 1 aromatic carbocycles. The molecule has 1 aromatic heterocycles. The summed E-state index contributed by atoms with van der Waals surface area (Å²) in [6.07, 6.45) is 1.47. The number of rotatable bonds is 7. The number of carbonyl (C=O) groups excluding carboxylic acids is 1. The molecule has 196 valence electrons. The summed E-state index contributed by atoms with van der Waals surface area (Å²) in [5.41, 5.74) is 1.06. The Balaban J connectivity index is 1.88. The maximum atomic E-state index is 15.0. The summed E-state index contributed by atoms with van der Waals surface area (Å²) in [6, 6.07) is 2.86. The van der Waals surface area contributed by atoms with Crippen molar-refractivity contribution in [2.45, 2.75) is 25.9 Å². The summed E-state index contributed by atoms with van der Waals surface area (Å²) >= 11 is 6.36. The molecule has 37 heavy (non-hydrogen) atoms. The molecule has 0 radical (unpaired) electrons. The Morgan fingerprint density at radius 1 is 1.32 bits per heavy atom. The lowest BCUT2D eigenvalue weighted by Gasteiger charge is -2.35. The van der Waals surface area contributed by atoms with Gasteiger partial charge in [-0.15, -0.1) is 0 Å². The average Bonchev–Trinajstić information content (AvgIpc) is 2.84. The van der Waals surface area contributed by atoms with E-state index in [0.717, 1.165) is 6.07 Å². The molecule has 0 spiro atoms. The number of carboxylic acid groups (broad SMARTS) is 1. The zero-order valence-corrected chi connectivity index (χ0v) is 20.9. The molecule has 0 saturated carbocycles. The third-order valence-electron chi connectivity index (χ3n) is 5.97. The van der Waals surface area contributed by atoms with Crippen LogP contribution in [0.15, 0.2) is 46.7 Å². The summed E-state index contributed by atoms with van der Waals surface area (Å²) in [4.78, 5) is 35.4. The summed E-state index contributed by atoms with van der Waals surface area (Å²) < 4.78 is 39.4. The summed E-state index contributed by atoms with van der Waals surface area (Å²) in [5.74, 6) is -3.05. The number of nitrogens with zero attached hydrogens (tertiary/aromatic N) is 3. The maximum absolute atomic E-state index is 15.0. The van der Waals surface area contributed by atoms with E-state index in [0.29, 0.717) is 5.56 Å². The molecule has 0 amide bonds. The molecular formula is C25H25ClF2N4O5.